The van der Waals surface area contributed by atoms with Gasteiger partial charge in [0.25, 0.3) is 0 Å². The van der Waals surface area contributed by atoms with Crippen LogP contribution in [0.4, 0.5) is 5.69 Å². The van der Waals surface area contributed by atoms with Crippen LogP contribution in [-0.4, -0.2) is 31.3 Å². The molecule has 1 unspecified atom stereocenters. The van der Waals surface area contributed by atoms with Crippen molar-refractivity contribution in [1.29, 1.82) is 0 Å². The SMILES string of the molecule is CCCNC(C)c1ccc(N(CCC)CCO)c(Cl)c1. The highest BCUT2D eigenvalue weighted by molar-refractivity contribution is 6.33. The van der Waals surface area contributed by atoms with Crippen molar-refractivity contribution < 1.29 is 5.11 Å². The first-order valence-electron chi connectivity index (χ1n) is 7.52. The second-order valence-electron chi connectivity index (χ2n) is 5.10. The van der Waals surface area contributed by atoms with Gasteiger partial charge in [-0.2, -0.15) is 0 Å². The fraction of sp³-hybridized carbons (Fsp3) is 0.625. The van der Waals surface area contributed by atoms with Gasteiger partial charge >= 0.3 is 0 Å². The zero-order chi connectivity index (χ0) is 15.0. The molecule has 20 heavy (non-hydrogen) atoms. The molecule has 1 aromatic carbocycles. The van der Waals surface area contributed by atoms with Gasteiger partial charge in [0.2, 0.25) is 0 Å². The third kappa shape index (κ3) is 4.97. The Kier molecular flexibility index (Phi) is 7.97. The molecule has 0 amide bonds. The smallest absolute Gasteiger partial charge is 0.0642 e. The van der Waals surface area contributed by atoms with Crippen LogP contribution in [-0.2, 0) is 0 Å². The number of hydrogen-bond acceptors (Lipinski definition) is 3. The number of nitrogens with zero attached hydrogens (tertiary/aromatic N) is 1. The molecule has 0 heterocycles. The van der Waals surface area contributed by atoms with E-state index >= 15 is 0 Å². The van der Waals surface area contributed by atoms with Gasteiger partial charge in [-0.05, 0) is 44.0 Å². The number of anilines is 1. The number of hydrogen-bond donors (Lipinski definition) is 2. The largest absolute Gasteiger partial charge is 0.395 e. The Hall–Kier alpha value is -0.770. The third-order valence-corrected chi connectivity index (χ3v) is 3.68. The lowest BCUT2D eigenvalue weighted by atomic mass is 10.1. The number of halogens is 1. The molecule has 0 radical (unpaired) electrons. The fourth-order valence-electron chi connectivity index (χ4n) is 2.27. The minimum atomic E-state index is 0.145. The number of rotatable bonds is 9. The molecule has 3 nitrogen and oxygen atoms in total. The lowest BCUT2D eigenvalue weighted by molar-refractivity contribution is 0.302. The van der Waals surface area contributed by atoms with Crippen LogP contribution in [0, 0.1) is 0 Å². The van der Waals surface area contributed by atoms with E-state index in [1.165, 1.54) is 5.56 Å². The standard InChI is InChI=1S/C16H27ClN2O/c1-4-8-18-13(3)14-6-7-16(15(17)12-14)19(9-5-2)10-11-20/h6-7,12-13,18,20H,4-5,8-11H2,1-3H3. The van der Waals surface area contributed by atoms with Gasteiger partial charge < -0.3 is 15.3 Å². The third-order valence-electron chi connectivity index (χ3n) is 3.38. The first kappa shape index (κ1) is 17.3. The van der Waals surface area contributed by atoms with Crippen molar-refractivity contribution in [3.8, 4) is 0 Å². The highest BCUT2D eigenvalue weighted by atomic mass is 35.5. The van der Waals surface area contributed by atoms with Gasteiger partial charge in [0.15, 0.2) is 0 Å². The van der Waals surface area contributed by atoms with E-state index < -0.39 is 0 Å². The summed E-state index contributed by atoms with van der Waals surface area (Å²) in [7, 11) is 0. The maximum Gasteiger partial charge on any atom is 0.0642 e. The molecule has 4 heteroatoms. The van der Waals surface area contributed by atoms with Crippen LogP contribution in [0.3, 0.4) is 0 Å². The summed E-state index contributed by atoms with van der Waals surface area (Å²) in [4.78, 5) is 2.14. The van der Waals surface area contributed by atoms with Gasteiger partial charge in [-0.15, -0.1) is 0 Å². The molecule has 0 saturated heterocycles. The van der Waals surface area contributed by atoms with E-state index in [1.54, 1.807) is 0 Å². The normalized spacial score (nSPS) is 12.4. The van der Waals surface area contributed by atoms with Gasteiger partial charge in [0, 0.05) is 19.1 Å². The van der Waals surface area contributed by atoms with Gasteiger partial charge in [-0.25, -0.2) is 0 Å². The molecule has 0 aliphatic carbocycles. The Bertz CT molecular complexity index is 392. The van der Waals surface area contributed by atoms with Crippen molar-refractivity contribution >= 4 is 17.3 Å². The van der Waals surface area contributed by atoms with E-state index in [1.807, 2.05) is 6.07 Å². The second kappa shape index (κ2) is 9.22. The monoisotopic (exact) mass is 298 g/mol. The van der Waals surface area contributed by atoms with E-state index in [0.717, 1.165) is 36.6 Å². The lowest BCUT2D eigenvalue weighted by Gasteiger charge is -2.25. The van der Waals surface area contributed by atoms with Crippen molar-refractivity contribution in [3.63, 3.8) is 0 Å². The summed E-state index contributed by atoms with van der Waals surface area (Å²) >= 11 is 6.42. The predicted molar refractivity (Wildman–Crippen MR) is 87.8 cm³/mol. The predicted octanol–water partition coefficient (Wildman–Crippen LogP) is 3.61. The molecular formula is C16H27ClN2O. The summed E-state index contributed by atoms with van der Waals surface area (Å²) in [5, 5.41) is 13.4. The highest BCUT2D eigenvalue weighted by Crippen LogP contribution is 2.29. The minimum Gasteiger partial charge on any atom is -0.395 e. The highest BCUT2D eigenvalue weighted by Gasteiger charge is 2.12. The Morgan fingerprint density at radius 2 is 2.00 bits per heavy atom. The molecule has 0 aliphatic rings. The van der Waals surface area contributed by atoms with Crippen molar-refractivity contribution in [2.45, 2.75) is 39.7 Å². The quantitative estimate of drug-likeness (QED) is 0.731. The van der Waals surface area contributed by atoms with Crippen LogP contribution in [0.5, 0.6) is 0 Å². The Morgan fingerprint density at radius 1 is 1.25 bits per heavy atom. The summed E-state index contributed by atoms with van der Waals surface area (Å²) in [5.74, 6) is 0. The molecule has 0 aromatic heterocycles. The summed E-state index contributed by atoms with van der Waals surface area (Å²) in [5.41, 5.74) is 2.21. The van der Waals surface area contributed by atoms with Gasteiger partial charge in [-0.3, -0.25) is 0 Å². The number of benzene rings is 1. The van der Waals surface area contributed by atoms with Crippen molar-refractivity contribution in [2.75, 3.05) is 31.1 Å². The van der Waals surface area contributed by atoms with Crippen molar-refractivity contribution in [1.82, 2.24) is 5.32 Å². The summed E-state index contributed by atoms with van der Waals surface area (Å²) in [6.45, 7) is 9.12. The van der Waals surface area contributed by atoms with Gasteiger partial charge in [-0.1, -0.05) is 31.5 Å². The van der Waals surface area contributed by atoms with Crippen LogP contribution in [0.1, 0.15) is 45.2 Å². The van der Waals surface area contributed by atoms with E-state index in [4.69, 9.17) is 16.7 Å². The number of aliphatic hydroxyl groups excluding tert-OH is 1. The summed E-state index contributed by atoms with van der Waals surface area (Å²) in [6, 6.07) is 6.52. The lowest BCUT2D eigenvalue weighted by Crippen LogP contribution is -2.27. The topological polar surface area (TPSA) is 35.5 Å². The average molecular weight is 299 g/mol. The van der Waals surface area contributed by atoms with Crippen LogP contribution in [0.25, 0.3) is 0 Å². The molecular weight excluding hydrogens is 272 g/mol. The van der Waals surface area contributed by atoms with Crippen LogP contribution in [0.2, 0.25) is 5.02 Å². The maximum absolute atomic E-state index is 9.16. The Balaban J connectivity index is 2.85. The van der Waals surface area contributed by atoms with E-state index in [9.17, 15) is 0 Å². The summed E-state index contributed by atoms with van der Waals surface area (Å²) in [6.07, 6.45) is 2.16. The molecule has 0 spiro atoms. The van der Waals surface area contributed by atoms with Crippen LogP contribution < -0.4 is 10.2 Å². The maximum atomic E-state index is 9.16. The zero-order valence-electron chi connectivity index (χ0n) is 12.8. The van der Waals surface area contributed by atoms with Crippen LogP contribution in [0.15, 0.2) is 18.2 Å². The molecule has 1 aromatic rings. The molecule has 1 atom stereocenters. The minimum absolute atomic E-state index is 0.145. The van der Waals surface area contributed by atoms with Crippen molar-refractivity contribution in [3.05, 3.63) is 28.8 Å². The number of nitrogens with one attached hydrogen (secondary N) is 1. The second-order valence-corrected chi connectivity index (χ2v) is 5.50. The molecule has 114 valence electrons. The number of aliphatic hydroxyl groups is 1. The molecule has 0 saturated carbocycles. The molecule has 1 rings (SSSR count). The average Bonchev–Trinajstić information content (AvgIpc) is 2.44. The van der Waals surface area contributed by atoms with E-state index in [2.05, 4.69) is 43.1 Å². The van der Waals surface area contributed by atoms with E-state index in [0.29, 0.717) is 12.6 Å². The fourth-order valence-corrected chi connectivity index (χ4v) is 2.58. The molecule has 0 bridgehead atoms. The molecule has 0 aliphatic heterocycles. The van der Waals surface area contributed by atoms with Gasteiger partial charge in [0.05, 0.1) is 17.3 Å². The molecule has 0 fully saturated rings. The first-order valence-corrected chi connectivity index (χ1v) is 7.90. The summed E-state index contributed by atoms with van der Waals surface area (Å²) < 4.78 is 0. The van der Waals surface area contributed by atoms with E-state index in [-0.39, 0.29) is 6.61 Å². The van der Waals surface area contributed by atoms with Crippen molar-refractivity contribution in [2.24, 2.45) is 0 Å². The van der Waals surface area contributed by atoms with Crippen LogP contribution >= 0.6 is 11.6 Å². The zero-order valence-corrected chi connectivity index (χ0v) is 13.6. The first-order chi connectivity index (χ1) is 9.63. The molecule has 2 N–H and O–H groups in total. The van der Waals surface area contributed by atoms with Gasteiger partial charge in [0.1, 0.15) is 0 Å². The Labute approximate surface area is 127 Å². The Morgan fingerprint density at radius 3 is 2.55 bits per heavy atom.